The molecule has 0 radical (unpaired) electrons. The molecule has 0 saturated heterocycles. The van der Waals surface area contributed by atoms with E-state index in [0.29, 0.717) is 11.7 Å². The lowest BCUT2D eigenvalue weighted by atomic mass is 9.93. The Labute approximate surface area is 82.9 Å². The molecular formula is C12H24O. The lowest BCUT2D eigenvalue weighted by molar-refractivity contribution is -0.117. The third-order valence-electron chi connectivity index (χ3n) is 2.62. The Kier molecular flexibility index (Phi) is 8.07. The van der Waals surface area contributed by atoms with E-state index in [1.54, 1.807) is 6.92 Å². The van der Waals surface area contributed by atoms with Crippen molar-refractivity contribution < 1.29 is 4.79 Å². The normalized spacial score (nSPS) is 12.8. The van der Waals surface area contributed by atoms with Crippen LogP contribution in [0.5, 0.6) is 0 Å². The molecule has 1 nitrogen and oxygen atoms in total. The number of ketones is 1. The van der Waals surface area contributed by atoms with E-state index in [-0.39, 0.29) is 0 Å². The van der Waals surface area contributed by atoms with E-state index < -0.39 is 0 Å². The van der Waals surface area contributed by atoms with Crippen LogP contribution in [0.2, 0.25) is 0 Å². The molecule has 0 aliphatic heterocycles. The Hall–Kier alpha value is -0.330. The van der Waals surface area contributed by atoms with Gasteiger partial charge >= 0.3 is 0 Å². The monoisotopic (exact) mass is 184 g/mol. The van der Waals surface area contributed by atoms with E-state index in [1.807, 2.05) is 0 Å². The summed E-state index contributed by atoms with van der Waals surface area (Å²) in [6.45, 7) is 6.12. The quantitative estimate of drug-likeness (QED) is 0.522. The molecule has 0 aromatic carbocycles. The highest BCUT2D eigenvalue weighted by Gasteiger charge is 2.07. The molecule has 0 aliphatic rings. The van der Waals surface area contributed by atoms with Crippen molar-refractivity contribution in [3.63, 3.8) is 0 Å². The zero-order valence-electron chi connectivity index (χ0n) is 9.44. The summed E-state index contributed by atoms with van der Waals surface area (Å²) in [5, 5.41) is 0. The van der Waals surface area contributed by atoms with Crippen LogP contribution in [-0.4, -0.2) is 5.78 Å². The third-order valence-corrected chi connectivity index (χ3v) is 2.62. The molecule has 0 amide bonds. The van der Waals surface area contributed by atoms with Crippen LogP contribution in [0.15, 0.2) is 0 Å². The fraction of sp³-hybridized carbons (Fsp3) is 0.917. The van der Waals surface area contributed by atoms with Gasteiger partial charge in [-0.3, -0.25) is 0 Å². The average molecular weight is 184 g/mol. The van der Waals surface area contributed by atoms with Crippen LogP contribution >= 0.6 is 0 Å². The molecule has 0 N–H and O–H groups in total. The summed E-state index contributed by atoms with van der Waals surface area (Å²) in [7, 11) is 0. The van der Waals surface area contributed by atoms with E-state index in [0.717, 1.165) is 12.8 Å². The summed E-state index contributed by atoms with van der Waals surface area (Å²) >= 11 is 0. The summed E-state index contributed by atoms with van der Waals surface area (Å²) < 4.78 is 0. The summed E-state index contributed by atoms with van der Waals surface area (Å²) in [6.07, 6.45) is 8.48. The van der Waals surface area contributed by atoms with Gasteiger partial charge in [0, 0.05) is 6.42 Å². The van der Waals surface area contributed by atoms with E-state index in [9.17, 15) is 4.79 Å². The fourth-order valence-electron chi connectivity index (χ4n) is 1.72. The zero-order valence-corrected chi connectivity index (χ0v) is 9.44. The molecule has 0 rings (SSSR count). The van der Waals surface area contributed by atoms with E-state index in [1.165, 1.54) is 32.1 Å². The van der Waals surface area contributed by atoms with Gasteiger partial charge in [-0.05, 0) is 12.8 Å². The number of rotatable bonds is 8. The summed E-state index contributed by atoms with van der Waals surface area (Å²) in [5.74, 6) is 0.997. The second kappa shape index (κ2) is 8.28. The SMILES string of the molecule is CCCCCCC(CC)CC(C)=O. The maximum Gasteiger partial charge on any atom is 0.130 e. The highest BCUT2D eigenvalue weighted by molar-refractivity contribution is 5.75. The van der Waals surface area contributed by atoms with Crippen LogP contribution in [0.4, 0.5) is 0 Å². The topological polar surface area (TPSA) is 17.1 Å². The molecule has 0 spiro atoms. The van der Waals surface area contributed by atoms with Crippen LogP contribution in [0, 0.1) is 5.92 Å². The second-order valence-corrected chi connectivity index (χ2v) is 4.03. The van der Waals surface area contributed by atoms with Gasteiger partial charge in [-0.25, -0.2) is 0 Å². The van der Waals surface area contributed by atoms with Gasteiger partial charge in [0.1, 0.15) is 5.78 Å². The largest absolute Gasteiger partial charge is 0.300 e. The average Bonchev–Trinajstić information content (AvgIpc) is 2.09. The molecule has 1 heteroatoms. The highest BCUT2D eigenvalue weighted by atomic mass is 16.1. The second-order valence-electron chi connectivity index (χ2n) is 4.03. The standard InChI is InChI=1S/C12H24O/c1-4-6-7-8-9-12(5-2)10-11(3)13/h12H,4-10H2,1-3H3. The molecule has 0 aromatic rings. The number of unbranched alkanes of at least 4 members (excludes halogenated alkanes) is 3. The number of Topliss-reactive ketones (excluding diaryl/α,β-unsaturated/α-hetero) is 1. The summed E-state index contributed by atoms with van der Waals surface area (Å²) in [6, 6.07) is 0. The molecule has 0 heterocycles. The number of hydrogen-bond donors (Lipinski definition) is 0. The molecule has 0 saturated carbocycles. The summed E-state index contributed by atoms with van der Waals surface area (Å²) in [4.78, 5) is 10.9. The van der Waals surface area contributed by atoms with Crippen molar-refractivity contribution in [2.45, 2.75) is 65.7 Å². The fourth-order valence-corrected chi connectivity index (χ4v) is 1.72. The first-order valence-corrected chi connectivity index (χ1v) is 5.70. The van der Waals surface area contributed by atoms with Crippen molar-refractivity contribution in [2.75, 3.05) is 0 Å². The Morgan fingerprint density at radius 2 is 1.85 bits per heavy atom. The Bertz CT molecular complexity index is 129. The molecule has 0 aromatic heterocycles. The Morgan fingerprint density at radius 3 is 2.31 bits per heavy atom. The first kappa shape index (κ1) is 12.7. The minimum Gasteiger partial charge on any atom is -0.300 e. The van der Waals surface area contributed by atoms with E-state index in [4.69, 9.17) is 0 Å². The van der Waals surface area contributed by atoms with Gasteiger partial charge in [0.2, 0.25) is 0 Å². The van der Waals surface area contributed by atoms with Crippen LogP contribution < -0.4 is 0 Å². The molecule has 78 valence electrons. The lowest BCUT2D eigenvalue weighted by Gasteiger charge is -2.12. The minimum absolute atomic E-state index is 0.349. The first-order valence-electron chi connectivity index (χ1n) is 5.70. The number of carbonyl (C=O) groups is 1. The van der Waals surface area contributed by atoms with Crippen LogP contribution in [0.3, 0.4) is 0 Å². The van der Waals surface area contributed by atoms with Gasteiger partial charge in [-0.2, -0.15) is 0 Å². The molecule has 0 aliphatic carbocycles. The van der Waals surface area contributed by atoms with Gasteiger partial charge in [0.15, 0.2) is 0 Å². The third kappa shape index (κ3) is 8.01. The zero-order chi connectivity index (χ0) is 10.1. The van der Waals surface area contributed by atoms with Gasteiger partial charge < -0.3 is 4.79 Å². The van der Waals surface area contributed by atoms with Crippen molar-refractivity contribution >= 4 is 5.78 Å². The van der Waals surface area contributed by atoms with Gasteiger partial charge in [0.05, 0.1) is 0 Å². The minimum atomic E-state index is 0.349. The lowest BCUT2D eigenvalue weighted by Crippen LogP contribution is -2.04. The van der Waals surface area contributed by atoms with E-state index >= 15 is 0 Å². The van der Waals surface area contributed by atoms with E-state index in [2.05, 4.69) is 13.8 Å². The van der Waals surface area contributed by atoms with Gasteiger partial charge in [-0.1, -0.05) is 52.4 Å². The molecular weight excluding hydrogens is 160 g/mol. The smallest absolute Gasteiger partial charge is 0.130 e. The number of carbonyl (C=O) groups excluding carboxylic acids is 1. The van der Waals surface area contributed by atoms with Gasteiger partial charge in [-0.15, -0.1) is 0 Å². The van der Waals surface area contributed by atoms with Crippen molar-refractivity contribution in [3.8, 4) is 0 Å². The van der Waals surface area contributed by atoms with Crippen LogP contribution in [0.1, 0.15) is 65.7 Å². The molecule has 0 bridgehead atoms. The Balaban J connectivity index is 3.42. The molecule has 0 fully saturated rings. The Morgan fingerprint density at radius 1 is 1.15 bits per heavy atom. The first-order chi connectivity index (χ1) is 6.20. The summed E-state index contributed by atoms with van der Waals surface area (Å²) in [5.41, 5.74) is 0. The molecule has 13 heavy (non-hydrogen) atoms. The highest BCUT2D eigenvalue weighted by Crippen LogP contribution is 2.17. The predicted octanol–water partition coefficient (Wildman–Crippen LogP) is 3.96. The van der Waals surface area contributed by atoms with Crippen molar-refractivity contribution in [1.82, 2.24) is 0 Å². The van der Waals surface area contributed by atoms with Crippen LogP contribution in [0.25, 0.3) is 0 Å². The predicted molar refractivity (Wildman–Crippen MR) is 57.8 cm³/mol. The van der Waals surface area contributed by atoms with Crippen LogP contribution in [-0.2, 0) is 4.79 Å². The maximum atomic E-state index is 10.9. The molecule has 1 atom stereocenters. The maximum absolute atomic E-state index is 10.9. The molecule has 1 unspecified atom stereocenters. The van der Waals surface area contributed by atoms with Gasteiger partial charge in [0.25, 0.3) is 0 Å². The number of hydrogen-bond acceptors (Lipinski definition) is 1. The van der Waals surface area contributed by atoms with Crippen molar-refractivity contribution in [3.05, 3.63) is 0 Å². The van der Waals surface area contributed by atoms with Crippen molar-refractivity contribution in [1.29, 1.82) is 0 Å². The van der Waals surface area contributed by atoms with Crippen molar-refractivity contribution in [2.24, 2.45) is 5.92 Å².